The third-order valence-corrected chi connectivity index (χ3v) is 11.8. The number of methoxy groups -OCH3 is 1. The number of rotatable bonds is 9. The summed E-state index contributed by atoms with van der Waals surface area (Å²) in [6, 6.07) is 11.7. The number of nitrogens with zero attached hydrogens (tertiary/aromatic N) is 4. The van der Waals surface area contributed by atoms with Crippen LogP contribution in [0, 0.1) is 41.4 Å². The van der Waals surface area contributed by atoms with Crippen LogP contribution in [0.3, 0.4) is 0 Å². The summed E-state index contributed by atoms with van der Waals surface area (Å²) in [5.74, 6) is 2.22. The Labute approximate surface area is 393 Å². The Morgan fingerprint density at radius 1 is 0.883 bits per heavy atom. The maximum atomic E-state index is 15.2. The van der Waals surface area contributed by atoms with E-state index in [1.54, 1.807) is 11.0 Å². The van der Waals surface area contributed by atoms with Gasteiger partial charge in [-0.05, 0) is 67.0 Å². The van der Waals surface area contributed by atoms with E-state index in [4.69, 9.17) is 9.72 Å². The van der Waals surface area contributed by atoms with Crippen LogP contribution in [0.2, 0.25) is 0 Å². The van der Waals surface area contributed by atoms with E-state index in [9.17, 15) is 14.4 Å². The first-order chi connectivity index (χ1) is 25.7. The summed E-state index contributed by atoms with van der Waals surface area (Å²) in [5, 5.41) is 0. The van der Waals surface area contributed by atoms with Crippen molar-refractivity contribution in [1.82, 2.24) is 29.7 Å². The van der Waals surface area contributed by atoms with Gasteiger partial charge in [0.05, 0.1) is 60.4 Å². The number of imidazole rings is 2. The number of piperidine rings is 1. The SMILES string of the molecule is COC(=O)C[C@H](C(=O)N1[C@H]2C[C@@H]([C@H]1c1nc3ccc(C#Cc4ccc(-c5cnc([C@@H]6CCCN6C(=O)[C@@H](C)C(C)C)[nH]5)cc4)cc3[nH]1)C(F)(F)C2)C(C)C.S.S.S.S.S.S. The van der Waals surface area contributed by atoms with E-state index in [1.807, 2.05) is 68.3 Å². The number of nitrogens with one attached hydrogen (secondary N) is 2. The quantitative estimate of drug-likeness (QED) is 0.129. The number of hydrogen-bond acceptors (Lipinski definition) is 6. The predicted molar refractivity (Wildman–Crippen MR) is 262 cm³/mol. The molecule has 7 rings (SSSR count). The lowest BCUT2D eigenvalue weighted by molar-refractivity contribution is -0.156. The van der Waals surface area contributed by atoms with Gasteiger partial charge in [-0.3, -0.25) is 14.4 Å². The largest absolute Gasteiger partial charge is 0.469 e. The number of benzene rings is 2. The molecule has 60 heavy (non-hydrogen) atoms. The maximum Gasteiger partial charge on any atom is 0.306 e. The topological polar surface area (TPSA) is 124 Å². The van der Waals surface area contributed by atoms with Crippen LogP contribution in [-0.4, -0.2) is 73.1 Å². The van der Waals surface area contributed by atoms with Crippen LogP contribution >= 0.6 is 81.0 Å². The summed E-state index contributed by atoms with van der Waals surface area (Å²) in [4.78, 5) is 58.8. The lowest BCUT2D eigenvalue weighted by Gasteiger charge is -2.40. The van der Waals surface area contributed by atoms with E-state index in [0.29, 0.717) is 22.4 Å². The van der Waals surface area contributed by atoms with Crippen LogP contribution in [0.15, 0.2) is 48.7 Å². The minimum atomic E-state index is -2.93. The normalized spacial score (nSPS) is 20.6. The number of carbonyl (C=O) groups excluding carboxylic acids is 3. The number of esters is 1. The number of alkyl halides is 2. The smallest absolute Gasteiger partial charge is 0.306 e. The average molecular weight is 943 g/mol. The molecule has 10 nitrogen and oxygen atoms in total. The van der Waals surface area contributed by atoms with Crippen molar-refractivity contribution in [3.8, 4) is 23.1 Å². The monoisotopic (exact) mass is 942 g/mol. The van der Waals surface area contributed by atoms with Gasteiger partial charge in [0.1, 0.15) is 11.6 Å². The summed E-state index contributed by atoms with van der Waals surface area (Å²) >= 11 is 0. The number of carbonyl (C=O) groups is 3. The fourth-order valence-electron chi connectivity index (χ4n) is 8.35. The molecule has 0 radical (unpaired) electrons. The number of halogens is 2. The Hall–Kier alpha value is -2.95. The first kappa shape index (κ1) is 55.1. The lowest BCUT2D eigenvalue weighted by Crippen LogP contribution is -2.49. The second-order valence-electron chi connectivity index (χ2n) is 15.9. The number of fused-ring (bicyclic) bond motifs is 3. The third-order valence-electron chi connectivity index (χ3n) is 11.8. The molecule has 18 heteroatoms. The number of amides is 2. The van der Waals surface area contributed by atoms with Gasteiger partial charge >= 0.3 is 5.97 Å². The van der Waals surface area contributed by atoms with Gasteiger partial charge in [0.25, 0.3) is 5.92 Å². The highest BCUT2D eigenvalue weighted by molar-refractivity contribution is 7.60. The van der Waals surface area contributed by atoms with Crippen molar-refractivity contribution >= 4 is 110 Å². The van der Waals surface area contributed by atoms with E-state index in [-0.39, 0.29) is 129 Å². The molecule has 2 amide bonds. The van der Waals surface area contributed by atoms with Crippen LogP contribution < -0.4 is 0 Å². The molecule has 2 aromatic heterocycles. The molecule has 3 fully saturated rings. The Bertz CT molecular complexity index is 2140. The number of hydrogen-bond donors (Lipinski definition) is 2. The summed E-state index contributed by atoms with van der Waals surface area (Å²) in [7, 11) is 1.27. The van der Waals surface area contributed by atoms with Gasteiger partial charge < -0.3 is 24.5 Å². The van der Waals surface area contributed by atoms with Crippen molar-refractivity contribution in [1.29, 1.82) is 0 Å². The van der Waals surface area contributed by atoms with Crippen LogP contribution in [0.1, 0.15) is 102 Å². The molecule has 2 saturated heterocycles. The molecule has 332 valence electrons. The molecular weight excluding hydrogens is 883 g/mol. The zero-order chi connectivity index (χ0) is 38.5. The lowest BCUT2D eigenvalue weighted by atomic mass is 9.88. The molecular formula is C42H60F2N6O4S6. The number of ether oxygens (including phenoxy) is 1. The summed E-state index contributed by atoms with van der Waals surface area (Å²) in [6.07, 6.45) is 3.33. The minimum Gasteiger partial charge on any atom is -0.469 e. The van der Waals surface area contributed by atoms with Gasteiger partial charge in [0.15, 0.2) is 0 Å². The second kappa shape index (κ2) is 22.4. The molecule has 4 aromatic rings. The van der Waals surface area contributed by atoms with Gasteiger partial charge in [-0.1, -0.05) is 58.6 Å². The number of aromatic nitrogens is 4. The van der Waals surface area contributed by atoms with Crippen LogP contribution in [-0.2, 0) is 19.1 Å². The van der Waals surface area contributed by atoms with Crippen molar-refractivity contribution in [2.75, 3.05) is 13.7 Å². The summed E-state index contributed by atoms with van der Waals surface area (Å²) < 4.78 is 35.2. The number of H-pyrrole nitrogens is 2. The van der Waals surface area contributed by atoms with Crippen molar-refractivity contribution in [2.24, 2.45) is 29.6 Å². The Kier molecular flexibility index (Phi) is 20.6. The molecule has 3 aliphatic rings. The molecule has 2 aliphatic heterocycles. The average Bonchev–Trinajstić information content (AvgIpc) is 3.99. The second-order valence-corrected chi connectivity index (χ2v) is 15.9. The van der Waals surface area contributed by atoms with E-state index in [0.717, 1.165) is 42.0 Å². The van der Waals surface area contributed by atoms with E-state index in [2.05, 4.69) is 40.6 Å². The Morgan fingerprint density at radius 3 is 2.17 bits per heavy atom. The van der Waals surface area contributed by atoms with E-state index in [1.165, 1.54) is 7.11 Å². The molecule has 1 aliphatic carbocycles. The van der Waals surface area contributed by atoms with Crippen LogP contribution in [0.25, 0.3) is 22.3 Å². The highest BCUT2D eigenvalue weighted by atomic mass is 32.1. The highest BCUT2D eigenvalue weighted by Crippen LogP contribution is 2.57. The standard InChI is InChI=1S/C42H48F2N6O4.6H2S/c1-23(2)25(5)40(52)49-17-7-8-35(49)38-45-22-34(48-38)28-14-11-26(12-15-28)9-10-27-13-16-32-33(18-27)47-39(46-32)37-31-19-29(21-42(31,43)44)50(37)41(53)30(24(3)4)20-36(51)54-6;;;;;;/h11-16,18,22-25,29-31,35,37H,7-8,17,19-21H2,1-6H3,(H,45,48)(H,46,47);6*1H2/t25-,29-,30-,31-,35-,37-;;;;;;/m0....../s1. The summed E-state index contributed by atoms with van der Waals surface area (Å²) in [6.45, 7) is 10.6. The van der Waals surface area contributed by atoms with Gasteiger partial charge in [0.2, 0.25) is 11.8 Å². The Morgan fingerprint density at radius 2 is 1.53 bits per heavy atom. The first-order valence-corrected chi connectivity index (χ1v) is 19.0. The zero-order valence-electron chi connectivity index (χ0n) is 34.7. The van der Waals surface area contributed by atoms with Crippen LogP contribution in [0.5, 0.6) is 0 Å². The fraction of sp³-hybridized carbons (Fsp3) is 0.500. The van der Waals surface area contributed by atoms with Crippen molar-refractivity contribution in [2.45, 2.75) is 90.8 Å². The molecule has 0 spiro atoms. The predicted octanol–water partition coefficient (Wildman–Crippen LogP) is 8.12. The third kappa shape index (κ3) is 11.0. The Balaban J connectivity index is 0.00000300. The molecule has 0 unspecified atom stereocenters. The molecule has 1 saturated carbocycles. The van der Waals surface area contributed by atoms with Crippen LogP contribution in [0.4, 0.5) is 8.78 Å². The minimum absolute atomic E-state index is 0. The fourth-order valence-corrected chi connectivity index (χ4v) is 8.35. The number of likely N-dealkylation sites (tertiary alicyclic amines) is 2. The maximum absolute atomic E-state index is 15.2. The van der Waals surface area contributed by atoms with E-state index >= 15 is 8.78 Å². The molecule has 4 heterocycles. The van der Waals surface area contributed by atoms with Gasteiger partial charge in [0, 0.05) is 36.1 Å². The first-order valence-electron chi connectivity index (χ1n) is 19.0. The summed E-state index contributed by atoms with van der Waals surface area (Å²) in [5.41, 5.74) is 4.58. The van der Waals surface area contributed by atoms with E-state index < -0.39 is 42.2 Å². The zero-order valence-corrected chi connectivity index (χ0v) is 40.7. The van der Waals surface area contributed by atoms with Gasteiger partial charge in [-0.25, -0.2) is 18.7 Å². The van der Waals surface area contributed by atoms with Gasteiger partial charge in [-0.2, -0.15) is 81.0 Å². The molecule has 6 atom stereocenters. The van der Waals surface area contributed by atoms with Crippen molar-refractivity contribution in [3.63, 3.8) is 0 Å². The van der Waals surface area contributed by atoms with Gasteiger partial charge in [-0.15, -0.1) is 0 Å². The van der Waals surface area contributed by atoms with Crippen molar-refractivity contribution in [3.05, 3.63) is 71.4 Å². The molecule has 2 aromatic carbocycles. The molecule has 2 bridgehead atoms. The van der Waals surface area contributed by atoms with Crippen molar-refractivity contribution < 1.29 is 27.9 Å². The highest BCUT2D eigenvalue weighted by Gasteiger charge is 2.64. The molecule has 2 N–H and O–H groups in total. The number of aromatic amines is 2.